The molecule has 0 radical (unpaired) electrons. The third-order valence-electron chi connectivity index (χ3n) is 3.91. The maximum absolute atomic E-state index is 11.9. The van der Waals surface area contributed by atoms with Gasteiger partial charge in [-0.05, 0) is 54.7 Å². The highest BCUT2D eigenvalue weighted by atomic mass is 16.2. The molecule has 0 aliphatic heterocycles. The minimum Gasteiger partial charge on any atom is -0.323 e. The first-order valence-electron chi connectivity index (χ1n) is 7.98. The van der Waals surface area contributed by atoms with Gasteiger partial charge in [0.1, 0.15) is 0 Å². The second-order valence-corrected chi connectivity index (χ2v) is 5.72. The Morgan fingerprint density at radius 1 is 1.00 bits per heavy atom. The van der Waals surface area contributed by atoms with E-state index in [1.165, 1.54) is 23.5 Å². The number of anilines is 1. The summed E-state index contributed by atoms with van der Waals surface area (Å²) in [5.41, 5.74) is 3.54. The fourth-order valence-corrected chi connectivity index (χ4v) is 2.71. The monoisotopic (exact) mass is 335 g/mol. The van der Waals surface area contributed by atoms with Crippen LogP contribution in [-0.2, 0) is 22.4 Å². The van der Waals surface area contributed by atoms with Crippen molar-refractivity contribution in [3.05, 3.63) is 71.6 Å². The van der Waals surface area contributed by atoms with E-state index in [-0.39, 0.29) is 5.56 Å². The number of pyridine rings is 1. The fourth-order valence-electron chi connectivity index (χ4n) is 2.71. The first-order valence-corrected chi connectivity index (χ1v) is 7.98. The molecule has 0 fully saturated rings. The first kappa shape index (κ1) is 16.6. The predicted octanol–water partition coefficient (Wildman–Crippen LogP) is 2.02. The number of hydrogen-bond donors (Lipinski definition) is 2. The van der Waals surface area contributed by atoms with Crippen molar-refractivity contribution in [2.45, 2.75) is 19.3 Å². The van der Waals surface area contributed by atoms with Crippen LogP contribution in [0.2, 0.25) is 0 Å². The van der Waals surface area contributed by atoms with E-state index in [0.717, 1.165) is 31.4 Å². The van der Waals surface area contributed by atoms with Gasteiger partial charge >= 0.3 is 0 Å². The molecule has 3 rings (SSSR count). The van der Waals surface area contributed by atoms with Crippen molar-refractivity contribution in [1.82, 2.24) is 10.3 Å². The Bertz CT molecular complexity index is 844. The summed E-state index contributed by atoms with van der Waals surface area (Å²) in [5.74, 6) is -1.67. The smallest absolute Gasteiger partial charge is 0.259 e. The average Bonchev–Trinajstić information content (AvgIpc) is 3.08. The van der Waals surface area contributed by atoms with Crippen LogP contribution in [0, 0.1) is 0 Å². The van der Waals surface area contributed by atoms with Gasteiger partial charge in [-0.2, -0.15) is 0 Å². The molecule has 6 nitrogen and oxygen atoms in total. The summed E-state index contributed by atoms with van der Waals surface area (Å²) in [6.45, 7) is 0. The number of carbonyl (C=O) groups excluding carboxylic acids is 3. The number of nitrogens with one attached hydrogen (secondary N) is 2. The molecule has 0 atom stereocenters. The summed E-state index contributed by atoms with van der Waals surface area (Å²) in [6, 6.07) is 8.96. The molecule has 25 heavy (non-hydrogen) atoms. The lowest BCUT2D eigenvalue weighted by Crippen LogP contribution is -2.29. The Kier molecular flexibility index (Phi) is 4.99. The molecule has 0 spiro atoms. The number of rotatable bonds is 4. The van der Waals surface area contributed by atoms with Crippen molar-refractivity contribution in [2.24, 2.45) is 0 Å². The van der Waals surface area contributed by atoms with E-state index >= 15 is 0 Å². The van der Waals surface area contributed by atoms with Crippen LogP contribution in [0.5, 0.6) is 0 Å². The number of benzene rings is 1. The van der Waals surface area contributed by atoms with E-state index in [1.807, 2.05) is 18.2 Å². The SMILES string of the molecule is O=C(/C=C\C(=O)Nc1ccc2c(c1)CCC2)NC(=O)c1cccnc1. The summed E-state index contributed by atoms with van der Waals surface area (Å²) in [4.78, 5) is 39.2. The Morgan fingerprint density at radius 3 is 2.60 bits per heavy atom. The Hall–Kier alpha value is -3.28. The third kappa shape index (κ3) is 4.38. The molecule has 2 N–H and O–H groups in total. The summed E-state index contributed by atoms with van der Waals surface area (Å²) < 4.78 is 0. The van der Waals surface area contributed by atoms with Gasteiger partial charge in [0.05, 0.1) is 5.56 Å². The Morgan fingerprint density at radius 2 is 1.80 bits per heavy atom. The van der Waals surface area contributed by atoms with Gasteiger partial charge in [0.2, 0.25) is 5.91 Å². The van der Waals surface area contributed by atoms with E-state index in [1.54, 1.807) is 12.1 Å². The van der Waals surface area contributed by atoms with Crippen LogP contribution in [-0.4, -0.2) is 22.7 Å². The largest absolute Gasteiger partial charge is 0.323 e. The minimum absolute atomic E-state index is 0.270. The highest BCUT2D eigenvalue weighted by molar-refractivity contribution is 6.10. The maximum atomic E-state index is 11.9. The molecule has 3 amide bonds. The van der Waals surface area contributed by atoms with E-state index in [2.05, 4.69) is 15.6 Å². The van der Waals surface area contributed by atoms with Gasteiger partial charge < -0.3 is 5.32 Å². The number of amides is 3. The van der Waals surface area contributed by atoms with Crippen molar-refractivity contribution in [1.29, 1.82) is 0 Å². The molecular formula is C19H17N3O3. The summed E-state index contributed by atoms with van der Waals surface area (Å²) in [5, 5.41) is 4.88. The molecule has 0 bridgehead atoms. The second-order valence-electron chi connectivity index (χ2n) is 5.72. The van der Waals surface area contributed by atoms with Crippen LogP contribution >= 0.6 is 0 Å². The lowest BCUT2D eigenvalue weighted by atomic mass is 10.1. The van der Waals surface area contributed by atoms with Crippen molar-refractivity contribution < 1.29 is 14.4 Å². The van der Waals surface area contributed by atoms with E-state index < -0.39 is 17.7 Å². The molecule has 1 aromatic carbocycles. The first-order chi connectivity index (χ1) is 12.1. The van der Waals surface area contributed by atoms with Gasteiger partial charge in [-0.15, -0.1) is 0 Å². The zero-order valence-electron chi connectivity index (χ0n) is 13.5. The number of hydrogen-bond acceptors (Lipinski definition) is 4. The number of carbonyl (C=O) groups is 3. The lowest BCUT2D eigenvalue weighted by Gasteiger charge is -2.05. The second kappa shape index (κ2) is 7.53. The van der Waals surface area contributed by atoms with Crippen LogP contribution in [0.1, 0.15) is 27.9 Å². The fraction of sp³-hybridized carbons (Fsp3) is 0.158. The molecule has 6 heteroatoms. The number of fused-ring (bicyclic) bond motifs is 1. The van der Waals surface area contributed by atoms with Gasteiger partial charge in [0.15, 0.2) is 0 Å². The summed E-state index contributed by atoms with van der Waals surface area (Å²) in [7, 11) is 0. The maximum Gasteiger partial charge on any atom is 0.259 e. The standard InChI is InChI=1S/C19H17N3O3/c23-17(21-16-7-6-13-3-1-4-14(13)11-16)8-9-18(24)22-19(25)15-5-2-10-20-12-15/h2,5-12H,1,3-4H2,(H,21,23)(H,22,24,25)/b9-8-. The Balaban J connectivity index is 1.53. The van der Waals surface area contributed by atoms with Crippen molar-refractivity contribution in [2.75, 3.05) is 5.32 Å². The van der Waals surface area contributed by atoms with Crippen molar-refractivity contribution >= 4 is 23.4 Å². The molecule has 2 aromatic rings. The van der Waals surface area contributed by atoms with E-state index in [9.17, 15) is 14.4 Å². The molecule has 1 heterocycles. The van der Waals surface area contributed by atoms with E-state index in [0.29, 0.717) is 5.69 Å². The van der Waals surface area contributed by atoms with Crippen LogP contribution < -0.4 is 10.6 Å². The van der Waals surface area contributed by atoms with Gasteiger partial charge in [-0.25, -0.2) is 0 Å². The number of aryl methyl sites for hydroxylation is 2. The zero-order chi connectivity index (χ0) is 17.6. The van der Waals surface area contributed by atoms with Crippen LogP contribution in [0.15, 0.2) is 54.9 Å². The molecular weight excluding hydrogens is 318 g/mol. The topological polar surface area (TPSA) is 88.2 Å². The molecule has 1 aliphatic carbocycles. The predicted molar refractivity (Wildman–Crippen MR) is 92.9 cm³/mol. The molecule has 1 aliphatic rings. The highest BCUT2D eigenvalue weighted by Gasteiger charge is 2.11. The summed E-state index contributed by atoms with van der Waals surface area (Å²) >= 11 is 0. The van der Waals surface area contributed by atoms with Gasteiger partial charge in [0.25, 0.3) is 11.8 Å². The van der Waals surface area contributed by atoms with Gasteiger partial charge in [-0.3, -0.25) is 24.7 Å². The summed E-state index contributed by atoms with van der Waals surface area (Å²) in [6.07, 6.45) is 8.24. The third-order valence-corrected chi connectivity index (χ3v) is 3.91. The molecule has 0 saturated carbocycles. The zero-order valence-corrected chi connectivity index (χ0v) is 13.5. The van der Waals surface area contributed by atoms with Crippen LogP contribution in [0.3, 0.4) is 0 Å². The number of imide groups is 1. The van der Waals surface area contributed by atoms with Crippen molar-refractivity contribution in [3.8, 4) is 0 Å². The molecule has 126 valence electrons. The normalized spacial score (nSPS) is 12.6. The Labute approximate surface area is 145 Å². The lowest BCUT2D eigenvalue weighted by molar-refractivity contribution is -0.116. The number of nitrogens with zero attached hydrogens (tertiary/aromatic N) is 1. The molecule has 1 aromatic heterocycles. The minimum atomic E-state index is -0.669. The van der Waals surface area contributed by atoms with Gasteiger partial charge in [-0.1, -0.05) is 6.07 Å². The van der Waals surface area contributed by atoms with Crippen LogP contribution in [0.4, 0.5) is 5.69 Å². The average molecular weight is 335 g/mol. The number of aromatic nitrogens is 1. The van der Waals surface area contributed by atoms with Crippen LogP contribution in [0.25, 0.3) is 0 Å². The highest BCUT2D eigenvalue weighted by Crippen LogP contribution is 2.24. The van der Waals surface area contributed by atoms with Crippen molar-refractivity contribution in [3.63, 3.8) is 0 Å². The molecule has 0 saturated heterocycles. The quantitative estimate of drug-likeness (QED) is 0.837. The van der Waals surface area contributed by atoms with Gasteiger partial charge in [0, 0.05) is 30.2 Å². The molecule has 0 unspecified atom stereocenters. The van der Waals surface area contributed by atoms with E-state index in [4.69, 9.17) is 0 Å².